The molecule has 0 aliphatic carbocycles. The quantitative estimate of drug-likeness (QED) is 0.426. The number of aromatic nitrogens is 2. The lowest BCUT2D eigenvalue weighted by atomic mass is 10.2. The maximum Gasteiger partial charge on any atom is 0.370 e. The zero-order chi connectivity index (χ0) is 12.6. The fourth-order valence-corrected chi connectivity index (χ4v) is 1.47. The second-order valence-corrected chi connectivity index (χ2v) is 3.51. The molecule has 0 spiro atoms. The SMILES string of the molecule is Nc1ccn(N2O[C@H](CO)C(O)C2O)c(=O)n1. The van der Waals surface area contributed by atoms with Crippen LogP contribution in [-0.2, 0) is 4.84 Å². The first-order valence-corrected chi connectivity index (χ1v) is 4.83. The minimum absolute atomic E-state index is 0.0270. The van der Waals surface area contributed by atoms with Gasteiger partial charge in [-0.1, -0.05) is 0 Å². The normalized spacial score (nSPS) is 28.6. The molecule has 17 heavy (non-hydrogen) atoms. The highest BCUT2D eigenvalue weighted by molar-refractivity contribution is 5.23. The number of hydrogen-bond acceptors (Lipinski definition) is 8. The van der Waals surface area contributed by atoms with Crippen molar-refractivity contribution in [2.75, 3.05) is 17.5 Å². The van der Waals surface area contributed by atoms with Gasteiger partial charge in [0.25, 0.3) is 0 Å². The molecular formula is C8H12N4O5. The number of aliphatic hydroxyl groups is 3. The number of nitrogen functional groups attached to an aromatic ring is 1. The van der Waals surface area contributed by atoms with Crippen molar-refractivity contribution in [3.63, 3.8) is 0 Å². The predicted octanol–water partition coefficient (Wildman–Crippen LogP) is -3.25. The average molecular weight is 244 g/mol. The lowest BCUT2D eigenvalue weighted by Gasteiger charge is -2.21. The molecule has 9 heteroatoms. The van der Waals surface area contributed by atoms with Gasteiger partial charge in [0.2, 0.25) is 0 Å². The van der Waals surface area contributed by atoms with Crippen molar-refractivity contribution in [1.82, 2.24) is 9.66 Å². The molecule has 2 heterocycles. The number of anilines is 1. The van der Waals surface area contributed by atoms with Crippen LogP contribution in [0.15, 0.2) is 17.1 Å². The lowest BCUT2D eigenvalue weighted by Crippen LogP contribution is -2.47. The molecule has 0 bridgehead atoms. The van der Waals surface area contributed by atoms with Gasteiger partial charge in [0, 0.05) is 6.20 Å². The first-order valence-electron chi connectivity index (χ1n) is 4.83. The summed E-state index contributed by atoms with van der Waals surface area (Å²) in [4.78, 5) is 19.9. The van der Waals surface area contributed by atoms with Crippen molar-refractivity contribution in [3.05, 3.63) is 22.7 Å². The molecule has 94 valence electrons. The summed E-state index contributed by atoms with van der Waals surface area (Å²) < 4.78 is 0.847. The average Bonchev–Trinajstić information content (AvgIpc) is 2.57. The van der Waals surface area contributed by atoms with Gasteiger partial charge in [-0.3, -0.25) is 0 Å². The number of nitrogens with zero attached hydrogens (tertiary/aromatic N) is 3. The van der Waals surface area contributed by atoms with Gasteiger partial charge in [-0.2, -0.15) is 14.8 Å². The Balaban J connectivity index is 2.32. The largest absolute Gasteiger partial charge is 0.393 e. The molecule has 5 N–H and O–H groups in total. The number of nitrogens with two attached hydrogens (primary N) is 1. The Bertz CT molecular complexity index is 463. The number of hydroxylamine groups is 1. The Morgan fingerprint density at radius 1 is 1.53 bits per heavy atom. The highest BCUT2D eigenvalue weighted by Crippen LogP contribution is 2.17. The van der Waals surface area contributed by atoms with Crippen LogP contribution in [0.1, 0.15) is 0 Å². The Morgan fingerprint density at radius 3 is 2.76 bits per heavy atom. The first kappa shape index (κ1) is 11.8. The molecule has 1 aliphatic heterocycles. The van der Waals surface area contributed by atoms with Crippen molar-refractivity contribution in [1.29, 1.82) is 0 Å². The third-order valence-electron chi connectivity index (χ3n) is 2.36. The Hall–Kier alpha value is -1.68. The summed E-state index contributed by atoms with van der Waals surface area (Å²) in [6, 6.07) is 1.33. The van der Waals surface area contributed by atoms with Crippen molar-refractivity contribution < 1.29 is 20.2 Å². The maximum atomic E-state index is 11.5. The topological polar surface area (TPSA) is 134 Å². The summed E-state index contributed by atoms with van der Waals surface area (Å²) >= 11 is 0. The fourth-order valence-electron chi connectivity index (χ4n) is 1.47. The number of hydrogen-bond donors (Lipinski definition) is 4. The summed E-state index contributed by atoms with van der Waals surface area (Å²) in [5.41, 5.74) is 4.54. The van der Waals surface area contributed by atoms with Crippen LogP contribution in [0.2, 0.25) is 0 Å². The van der Waals surface area contributed by atoms with Gasteiger partial charge >= 0.3 is 5.69 Å². The standard InChI is InChI=1S/C8H12N4O5/c9-5-1-2-11(8(16)10-5)12-7(15)6(14)4(3-13)17-12/h1-2,4,6-7,13-15H,3H2,(H2,9,10,16)/t4-,6?,7?/m1/s1. The van der Waals surface area contributed by atoms with Crippen LogP contribution in [-0.4, -0.2) is 50.0 Å². The van der Waals surface area contributed by atoms with Crippen molar-refractivity contribution in [3.8, 4) is 0 Å². The zero-order valence-electron chi connectivity index (χ0n) is 8.67. The van der Waals surface area contributed by atoms with E-state index in [2.05, 4.69) is 4.98 Å². The van der Waals surface area contributed by atoms with Crippen molar-refractivity contribution in [2.45, 2.75) is 18.4 Å². The van der Waals surface area contributed by atoms with Crippen LogP contribution in [0.25, 0.3) is 0 Å². The summed E-state index contributed by atoms with van der Waals surface area (Å²) in [6.07, 6.45) is -2.57. The molecule has 2 unspecified atom stereocenters. The Kier molecular flexibility index (Phi) is 2.98. The van der Waals surface area contributed by atoms with Gasteiger partial charge in [-0.15, -0.1) is 0 Å². The summed E-state index contributed by atoms with van der Waals surface area (Å²) in [6.45, 7) is -0.494. The lowest BCUT2D eigenvalue weighted by molar-refractivity contribution is -0.0235. The maximum absolute atomic E-state index is 11.5. The van der Waals surface area contributed by atoms with E-state index in [1.807, 2.05) is 0 Å². The van der Waals surface area contributed by atoms with E-state index in [9.17, 15) is 15.0 Å². The highest BCUT2D eigenvalue weighted by atomic mass is 16.8. The number of rotatable bonds is 2. The molecule has 9 nitrogen and oxygen atoms in total. The van der Waals surface area contributed by atoms with Gasteiger partial charge < -0.3 is 21.1 Å². The van der Waals surface area contributed by atoms with E-state index in [0.717, 1.165) is 9.85 Å². The van der Waals surface area contributed by atoms with Crippen LogP contribution >= 0.6 is 0 Å². The second kappa shape index (κ2) is 4.30. The minimum Gasteiger partial charge on any atom is -0.393 e. The van der Waals surface area contributed by atoms with Crippen LogP contribution in [0, 0.1) is 0 Å². The van der Waals surface area contributed by atoms with E-state index in [0.29, 0.717) is 0 Å². The fraction of sp³-hybridized carbons (Fsp3) is 0.500. The van der Waals surface area contributed by atoms with Gasteiger partial charge in [-0.25, -0.2) is 9.63 Å². The molecule has 2 rings (SSSR count). The zero-order valence-corrected chi connectivity index (χ0v) is 8.67. The van der Waals surface area contributed by atoms with Crippen LogP contribution in [0.3, 0.4) is 0 Å². The number of aliphatic hydroxyl groups excluding tert-OH is 3. The second-order valence-electron chi connectivity index (χ2n) is 3.51. The monoisotopic (exact) mass is 244 g/mol. The first-order chi connectivity index (χ1) is 8.04. The molecule has 1 aliphatic rings. The van der Waals surface area contributed by atoms with E-state index >= 15 is 0 Å². The molecule has 0 amide bonds. The molecule has 1 fully saturated rings. The summed E-state index contributed by atoms with van der Waals surface area (Å²) in [5, 5.41) is 28.7. The molecule has 1 aromatic heterocycles. The summed E-state index contributed by atoms with van der Waals surface area (Å²) in [7, 11) is 0. The molecule has 0 saturated carbocycles. The smallest absolute Gasteiger partial charge is 0.370 e. The molecule has 0 aromatic carbocycles. The molecule has 0 radical (unpaired) electrons. The van der Waals surface area contributed by atoms with Crippen molar-refractivity contribution >= 4 is 5.82 Å². The molecular weight excluding hydrogens is 232 g/mol. The Labute approximate surface area is 95.2 Å². The highest BCUT2D eigenvalue weighted by Gasteiger charge is 2.42. The van der Waals surface area contributed by atoms with E-state index < -0.39 is 30.7 Å². The van der Waals surface area contributed by atoms with Gasteiger partial charge in [0.1, 0.15) is 18.0 Å². The van der Waals surface area contributed by atoms with Crippen LogP contribution in [0.5, 0.6) is 0 Å². The van der Waals surface area contributed by atoms with Crippen LogP contribution < -0.4 is 16.6 Å². The predicted molar refractivity (Wildman–Crippen MR) is 55.1 cm³/mol. The van der Waals surface area contributed by atoms with E-state index in [1.54, 1.807) is 0 Å². The van der Waals surface area contributed by atoms with Gasteiger partial charge in [-0.05, 0) is 6.07 Å². The van der Waals surface area contributed by atoms with E-state index in [1.165, 1.54) is 12.3 Å². The van der Waals surface area contributed by atoms with Crippen molar-refractivity contribution in [2.24, 2.45) is 0 Å². The van der Waals surface area contributed by atoms with E-state index in [-0.39, 0.29) is 5.82 Å². The third kappa shape index (κ3) is 1.96. The summed E-state index contributed by atoms with van der Waals surface area (Å²) in [5.74, 6) is 0.0270. The van der Waals surface area contributed by atoms with Crippen LogP contribution in [0.4, 0.5) is 5.82 Å². The third-order valence-corrected chi connectivity index (χ3v) is 2.36. The Morgan fingerprint density at radius 2 is 2.24 bits per heavy atom. The minimum atomic E-state index is -1.48. The molecule has 1 aromatic rings. The van der Waals surface area contributed by atoms with Gasteiger partial charge in [0.15, 0.2) is 6.23 Å². The van der Waals surface area contributed by atoms with Gasteiger partial charge in [0.05, 0.1) is 6.61 Å². The van der Waals surface area contributed by atoms with E-state index in [4.69, 9.17) is 15.7 Å². The molecule has 1 saturated heterocycles. The molecule has 3 atom stereocenters.